The van der Waals surface area contributed by atoms with E-state index in [1.165, 1.54) is 12.3 Å². The molecule has 2 N–H and O–H groups in total. The molecule has 1 saturated heterocycles. The van der Waals surface area contributed by atoms with Crippen LogP contribution in [0.3, 0.4) is 0 Å². The van der Waals surface area contributed by atoms with E-state index in [1.54, 1.807) is 12.1 Å². The van der Waals surface area contributed by atoms with Gasteiger partial charge in [-0.3, -0.25) is 24.8 Å². The molecule has 0 bridgehead atoms. The van der Waals surface area contributed by atoms with Crippen molar-refractivity contribution in [2.24, 2.45) is 5.92 Å². The Balaban J connectivity index is 1.89. The number of aromatic nitrogens is 1. The number of phenolic OH excluding ortho intramolecular Hbond substituents is 1. The standard InChI is InChI=1S/C16H17N3O5/c20-15-11(9-18-6-3-10(4-7-18)16(21)22)8-13(19(23)24)12-2-1-5-17-14(12)15/h1-2,5,8,10,20H,3-4,6-7,9H2,(H,21,22). The van der Waals surface area contributed by atoms with Crippen LogP contribution in [0.2, 0.25) is 0 Å². The monoisotopic (exact) mass is 331 g/mol. The summed E-state index contributed by atoms with van der Waals surface area (Å²) in [5.41, 5.74) is 0.551. The molecule has 126 valence electrons. The van der Waals surface area contributed by atoms with Gasteiger partial charge in [0.25, 0.3) is 5.69 Å². The average Bonchev–Trinajstić information content (AvgIpc) is 2.57. The Labute approximate surface area is 137 Å². The Morgan fingerprint density at radius 3 is 2.75 bits per heavy atom. The summed E-state index contributed by atoms with van der Waals surface area (Å²) in [6.07, 6.45) is 2.54. The maximum absolute atomic E-state index is 11.3. The highest BCUT2D eigenvalue weighted by Crippen LogP contribution is 2.35. The van der Waals surface area contributed by atoms with Gasteiger partial charge in [-0.25, -0.2) is 0 Å². The van der Waals surface area contributed by atoms with Gasteiger partial charge >= 0.3 is 5.97 Å². The fourth-order valence-corrected chi connectivity index (χ4v) is 3.11. The Hall–Kier alpha value is -2.74. The maximum Gasteiger partial charge on any atom is 0.306 e. The first kappa shape index (κ1) is 16.1. The highest BCUT2D eigenvalue weighted by molar-refractivity contribution is 5.93. The van der Waals surface area contributed by atoms with Crippen molar-refractivity contribution in [2.45, 2.75) is 19.4 Å². The van der Waals surface area contributed by atoms with Gasteiger partial charge in [-0.1, -0.05) is 0 Å². The van der Waals surface area contributed by atoms with Crippen molar-refractivity contribution in [1.29, 1.82) is 0 Å². The highest BCUT2D eigenvalue weighted by atomic mass is 16.6. The SMILES string of the molecule is O=C(O)C1CCN(Cc2cc([N+](=O)[O-])c3cccnc3c2O)CC1. The van der Waals surface area contributed by atoms with E-state index in [-0.39, 0.29) is 22.9 Å². The third-order valence-corrected chi connectivity index (χ3v) is 4.45. The third kappa shape index (κ3) is 3.00. The number of carboxylic acid groups (broad SMARTS) is 1. The summed E-state index contributed by atoms with van der Waals surface area (Å²) in [5, 5.41) is 31.1. The number of hydrogen-bond donors (Lipinski definition) is 2. The molecule has 1 aliphatic rings. The van der Waals surface area contributed by atoms with Crippen LogP contribution in [0, 0.1) is 16.0 Å². The predicted molar refractivity (Wildman–Crippen MR) is 85.7 cm³/mol. The minimum atomic E-state index is -0.789. The van der Waals surface area contributed by atoms with Crippen LogP contribution in [0.15, 0.2) is 24.4 Å². The number of phenols is 1. The van der Waals surface area contributed by atoms with E-state index >= 15 is 0 Å². The van der Waals surface area contributed by atoms with Crippen molar-refractivity contribution in [3.63, 3.8) is 0 Å². The number of carboxylic acids is 1. The van der Waals surface area contributed by atoms with Gasteiger partial charge in [-0.2, -0.15) is 0 Å². The molecule has 0 spiro atoms. The first-order valence-corrected chi connectivity index (χ1v) is 7.66. The number of hydrogen-bond acceptors (Lipinski definition) is 6. The van der Waals surface area contributed by atoms with Crippen molar-refractivity contribution in [3.05, 3.63) is 40.1 Å². The molecule has 0 amide bonds. The van der Waals surface area contributed by atoms with Crippen molar-refractivity contribution in [3.8, 4) is 5.75 Å². The van der Waals surface area contributed by atoms with E-state index < -0.39 is 10.9 Å². The number of rotatable bonds is 4. The summed E-state index contributed by atoms with van der Waals surface area (Å²) < 4.78 is 0. The van der Waals surface area contributed by atoms with Crippen LogP contribution in [-0.4, -0.2) is 44.1 Å². The second-order valence-corrected chi connectivity index (χ2v) is 5.95. The first-order valence-electron chi connectivity index (χ1n) is 7.66. The Bertz CT molecular complexity index is 800. The van der Waals surface area contributed by atoms with Gasteiger partial charge in [0.2, 0.25) is 0 Å². The fourth-order valence-electron chi connectivity index (χ4n) is 3.11. The van der Waals surface area contributed by atoms with Crippen LogP contribution in [0.25, 0.3) is 10.9 Å². The van der Waals surface area contributed by atoms with Crippen LogP contribution < -0.4 is 0 Å². The van der Waals surface area contributed by atoms with Crippen LogP contribution in [0.1, 0.15) is 18.4 Å². The number of aromatic hydroxyl groups is 1. The lowest BCUT2D eigenvalue weighted by atomic mass is 9.96. The zero-order valence-corrected chi connectivity index (χ0v) is 12.9. The second-order valence-electron chi connectivity index (χ2n) is 5.95. The predicted octanol–water partition coefficient (Wildman–Crippen LogP) is 2.15. The van der Waals surface area contributed by atoms with Crippen LogP contribution in [-0.2, 0) is 11.3 Å². The number of benzene rings is 1. The van der Waals surface area contributed by atoms with E-state index in [4.69, 9.17) is 5.11 Å². The van der Waals surface area contributed by atoms with Gasteiger partial charge in [0.05, 0.1) is 16.2 Å². The number of nitro benzene ring substituents is 1. The molecule has 2 heterocycles. The van der Waals surface area contributed by atoms with E-state index in [9.17, 15) is 20.0 Å². The van der Waals surface area contributed by atoms with E-state index in [2.05, 4.69) is 4.98 Å². The van der Waals surface area contributed by atoms with Gasteiger partial charge in [0.1, 0.15) is 11.3 Å². The fraction of sp³-hybridized carbons (Fsp3) is 0.375. The van der Waals surface area contributed by atoms with Gasteiger partial charge in [0.15, 0.2) is 0 Å². The van der Waals surface area contributed by atoms with Crippen molar-refractivity contribution >= 4 is 22.6 Å². The molecule has 24 heavy (non-hydrogen) atoms. The van der Waals surface area contributed by atoms with Crippen LogP contribution in [0.4, 0.5) is 5.69 Å². The number of non-ortho nitro benzene ring substituents is 1. The molecule has 0 unspecified atom stereocenters. The van der Waals surface area contributed by atoms with Gasteiger partial charge in [0, 0.05) is 24.4 Å². The third-order valence-electron chi connectivity index (χ3n) is 4.45. The molecule has 1 aromatic carbocycles. The molecule has 8 heteroatoms. The highest BCUT2D eigenvalue weighted by Gasteiger charge is 2.26. The Morgan fingerprint density at radius 1 is 1.42 bits per heavy atom. The maximum atomic E-state index is 11.3. The summed E-state index contributed by atoms with van der Waals surface area (Å²) in [5.74, 6) is -1.19. The summed E-state index contributed by atoms with van der Waals surface area (Å²) in [4.78, 5) is 27.9. The van der Waals surface area contributed by atoms with Crippen LogP contribution in [0.5, 0.6) is 5.75 Å². The zero-order valence-electron chi connectivity index (χ0n) is 12.9. The number of fused-ring (bicyclic) bond motifs is 1. The molecule has 3 rings (SSSR count). The summed E-state index contributed by atoms with van der Waals surface area (Å²) in [6, 6.07) is 4.52. The zero-order chi connectivity index (χ0) is 17.3. The molecule has 8 nitrogen and oxygen atoms in total. The average molecular weight is 331 g/mol. The summed E-state index contributed by atoms with van der Waals surface area (Å²) in [6.45, 7) is 1.47. The molecule has 0 saturated carbocycles. The largest absolute Gasteiger partial charge is 0.505 e. The van der Waals surface area contributed by atoms with Crippen molar-refractivity contribution < 1.29 is 19.9 Å². The van der Waals surface area contributed by atoms with Gasteiger partial charge in [-0.15, -0.1) is 0 Å². The molecule has 1 aromatic heterocycles. The van der Waals surface area contributed by atoms with E-state index in [0.29, 0.717) is 43.4 Å². The molecule has 1 aliphatic heterocycles. The van der Waals surface area contributed by atoms with Crippen molar-refractivity contribution in [1.82, 2.24) is 9.88 Å². The Morgan fingerprint density at radius 2 is 2.12 bits per heavy atom. The minimum Gasteiger partial charge on any atom is -0.505 e. The lowest BCUT2D eigenvalue weighted by molar-refractivity contribution is -0.383. The number of aliphatic carboxylic acids is 1. The van der Waals surface area contributed by atoms with E-state index in [1.807, 2.05) is 4.90 Å². The molecule has 2 aromatic rings. The molecule has 1 fully saturated rings. The number of carbonyl (C=O) groups is 1. The number of nitro groups is 1. The minimum absolute atomic E-state index is 0.0587. The number of nitrogens with zero attached hydrogens (tertiary/aromatic N) is 3. The molecule has 0 aliphatic carbocycles. The number of pyridine rings is 1. The lowest BCUT2D eigenvalue weighted by Crippen LogP contribution is -2.35. The van der Waals surface area contributed by atoms with Gasteiger partial charge < -0.3 is 10.2 Å². The smallest absolute Gasteiger partial charge is 0.306 e. The van der Waals surface area contributed by atoms with Gasteiger partial charge in [-0.05, 0) is 38.1 Å². The van der Waals surface area contributed by atoms with Crippen molar-refractivity contribution in [2.75, 3.05) is 13.1 Å². The Kier molecular flexibility index (Phi) is 4.30. The first-order chi connectivity index (χ1) is 11.5. The number of likely N-dealkylation sites (tertiary alicyclic amines) is 1. The molecular formula is C16H17N3O5. The summed E-state index contributed by atoms with van der Waals surface area (Å²) >= 11 is 0. The topological polar surface area (TPSA) is 117 Å². The normalized spacial score (nSPS) is 16.3. The van der Waals surface area contributed by atoms with E-state index in [0.717, 1.165) is 0 Å². The van der Waals surface area contributed by atoms with Crippen LogP contribution >= 0.6 is 0 Å². The number of piperidine rings is 1. The lowest BCUT2D eigenvalue weighted by Gasteiger charge is -2.30. The molecule has 0 radical (unpaired) electrons. The second kappa shape index (κ2) is 6.40. The molecular weight excluding hydrogens is 314 g/mol. The summed E-state index contributed by atoms with van der Waals surface area (Å²) in [7, 11) is 0. The molecule has 0 atom stereocenters. The quantitative estimate of drug-likeness (QED) is 0.651.